The number of aryl methyl sites for hydroxylation is 1. The predicted molar refractivity (Wildman–Crippen MR) is 75.6 cm³/mol. The first-order valence-electron chi connectivity index (χ1n) is 7.15. The van der Waals surface area contributed by atoms with Gasteiger partial charge in [-0.25, -0.2) is 4.98 Å². The summed E-state index contributed by atoms with van der Waals surface area (Å²) in [6.45, 7) is 13.2. The minimum Gasteiger partial charge on any atom is -0.313 e. The highest BCUT2D eigenvalue weighted by Gasteiger charge is 2.28. The van der Waals surface area contributed by atoms with Crippen LogP contribution in [-0.2, 0) is 13.0 Å². The lowest BCUT2D eigenvalue weighted by molar-refractivity contribution is 0.228. The van der Waals surface area contributed by atoms with Crippen LogP contribution in [0, 0.1) is 5.41 Å². The van der Waals surface area contributed by atoms with Crippen LogP contribution in [0.4, 0.5) is 0 Å². The van der Waals surface area contributed by atoms with Gasteiger partial charge in [0.1, 0.15) is 12.2 Å². The average Bonchev–Trinajstić information content (AvgIpc) is 2.77. The van der Waals surface area contributed by atoms with E-state index in [1.807, 2.05) is 4.68 Å². The van der Waals surface area contributed by atoms with Crippen molar-refractivity contribution in [1.29, 1.82) is 0 Å². The van der Waals surface area contributed by atoms with Gasteiger partial charge in [-0.05, 0) is 24.8 Å². The Kier molecular flexibility index (Phi) is 5.79. The third-order valence-corrected chi connectivity index (χ3v) is 3.82. The fourth-order valence-corrected chi connectivity index (χ4v) is 2.14. The molecule has 0 saturated carbocycles. The molecule has 0 bridgehead atoms. The molecule has 1 heterocycles. The lowest BCUT2D eigenvalue weighted by Gasteiger charge is -2.34. The van der Waals surface area contributed by atoms with E-state index in [4.69, 9.17) is 0 Å². The van der Waals surface area contributed by atoms with Gasteiger partial charge in [-0.3, -0.25) is 4.68 Å². The molecule has 1 unspecified atom stereocenters. The van der Waals surface area contributed by atoms with Crippen molar-refractivity contribution in [2.75, 3.05) is 6.54 Å². The molecule has 0 amide bonds. The number of rotatable bonds is 8. The van der Waals surface area contributed by atoms with E-state index in [1.165, 1.54) is 0 Å². The third-order valence-electron chi connectivity index (χ3n) is 3.82. The topological polar surface area (TPSA) is 42.7 Å². The molecular formula is C14H28N4. The molecule has 0 aliphatic rings. The second kappa shape index (κ2) is 6.88. The molecule has 4 nitrogen and oxygen atoms in total. The Bertz CT molecular complexity index is 343. The number of nitrogens with one attached hydrogen (secondary N) is 1. The summed E-state index contributed by atoms with van der Waals surface area (Å²) in [5.74, 6) is 1.10. The first-order chi connectivity index (χ1) is 8.55. The number of aromatic nitrogens is 3. The van der Waals surface area contributed by atoms with Crippen LogP contribution in [0.15, 0.2) is 6.33 Å². The molecule has 0 aliphatic heterocycles. The zero-order valence-corrected chi connectivity index (χ0v) is 12.5. The van der Waals surface area contributed by atoms with Gasteiger partial charge in [-0.15, -0.1) is 0 Å². The van der Waals surface area contributed by atoms with Crippen LogP contribution in [0.25, 0.3) is 0 Å². The largest absolute Gasteiger partial charge is 0.313 e. The van der Waals surface area contributed by atoms with E-state index in [9.17, 15) is 0 Å². The fraction of sp³-hybridized carbons (Fsp3) is 0.857. The Hall–Kier alpha value is -0.900. The number of hydrogen-bond acceptors (Lipinski definition) is 3. The first kappa shape index (κ1) is 15.2. The Labute approximate surface area is 111 Å². The van der Waals surface area contributed by atoms with E-state index in [0.717, 1.165) is 38.2 Å². The maximum atomic E-state index is 4.42. The molecular weight excluding hydrogens is 224 g/mol. The molecule has 1 rings (SSSR count). The molecule has 104 valence electrons. The summed E-state index contributed by atoms with van der Waals surface area (Å²) in [4.78, 5) is 4.42. The van der Waals surface area contributed by atoms with Crippen molar-refractivity contribution in [2.45, 2.75) is 66.5 Å². The van der Waals surface area contributed by atoms with Gasteiger partial charge in [0.25, 0.3) is 0 Å². The maximum Gasteiger partial charge on any atom is 0.138 e. The van der Waals surface area contributed by atoms with Gasteiger partial charge in [0.15, 0.2) is 0 Å². The molecule has 0 aromatic carbocycles. The Balaban J connectivity index is 2.79. The quantitative estimate of drug-likeness (QED) is 0.773. The molecule has 1 atom stereocenters. The lowest BCUT2D eigenvalue weighted by atomic mass is 9.80. The van der Waals surface area contributed by atoms with Crippen LogP contribution >= 0.6 is 0 Å². The zero-order chi connectivity index (χ0) is 13.6. The van der Waals surface area contributed by atoms with Crippen LogP contribution in [0.5, 0.6) is 0 Å². The standard InChI is InChI=1S/C14H28N4/c1-6-9-18-13(16-11-17-18)10-12(15-8-3)14(4,5)7-2/h11-12,15H,6-10H2,1-5H3. The second-order valence-corrected chi connectivity index (χ2v) is 5.56. The average molecular weight is 252 g/mol. The SMILES string of the molecule is CCCn1ncnc1CC(NCC)C(C)(C)CC. The van der Waals surface area contributed by atoms with Crippen molar-refractivity contribution in [3.63, 3.8) is 0 Å². The van der Waals surface area contributed by atoms with Crippen molar-refractivity contribution >= 4 is 0 Å². The van der Waals surface area contributed by atoms with Crippen LogP contribution in [0.2, 0.25) is 0 Å². The van der Waals surface area contributed by atoms with Crippen molar-refractivity contribution in [2.24, 2.45) is 5.41 Å². The third kappa shape index (κ3) is 3.80. The van der Waals surface area contributed by atoms with Gasteiger partial charge in [0.2, 0.25) is 0 Å². The van der Waals surface area contributed by atoms with E-state index in [1.54, 1.807) is 6.33 Å². The summed E-state index contributed by atoms with van der Waals surface area (Å²) in [7, 11) is 0. The lowest BCUT2D eigenvalue weighted by Crippen LogP contribution is -2.43. The van der Waals surface area contributed by atoms with E-state index in [0.29, 0.717) is 6.04 Å². The van der Waals surface area contributed by atoms with E-state index in [-0.39, 0.29) is 5.41 Å². The van der Waals surface area contributed by atoms with Gasteiger partial charge in [-0.2, -0.15) is 5.10 Å². The molecule has 18 heavy (non-hydrogen) atoms. The summed E-state index contributed by atoms with van der Waals surface area (Å²) in [5, 5.41) is 7.91. The predicted octanol–water partition coefficient (Wildman–Crippen LogP) is 2.64. The van der Waals surface area contributed by atoms with E-state index < -0.39 is 0 Å². The van der Waals surface area contributed by atoms with Crippen LogP contribution < -0.4 is 5.32 Å². The van der Waals surface area contributed by atoms with Gasteiger partial charge in [-0.1, -0.05) is 34.6 Å². The number of hydrogen-bond donors (Lipinski definition) is 1. The number of nitrogens with zero attached hydrogens (tertiary/aromatic N) is 3. The van der Waals surface area contributed by atoms with Gasteiger partial charge in [0, 0.05) is 19.0 Å². The monoisotopic (exact) mass is 252 g/mol. The highest BCUT2D eigenvalue weighted by atomic mass is 15.3. The maximum absolute atomic E-state index is 4.42. The Morgan fingerprint density at radius 1 is 1.33 bits per heavy atom. The van der Waals surface area contributed by atoms with Crippen molar-refractivity contribution in [3.8, 4) is 0 Å². The normalized spacial score (nSPS) is 13.8. The van der Waals surface area contributed by atoms with Crippen molar-refractivity contribution < 1.29 is 0 Å². The smallest absolute Gasteiger partial charge is 0.138 e. The molecule has 1 N–H and O–H groups in total. The molecule has 0 aliphatic carbocycles. The summed E-state index contributed by atoms with van der Waals surface area (Å²) >= 11 is 0. The summed E-state index contributed by atoms with van der Waals surface area (Å²) in [6, 6.07) is 0.451. The van der Waals surface area contributed by atoms with Crippen molar-refractivity contribution in [1.82, 2.24) is 20.1 Å². The Morgan fingerprint density at radius 2 is 2.06 bits per heavy atom. The molecule has 0 radical (unpaired) electrons. The summed E-state index contributed by atoms with van der Waals surface area (Å²) in [6.07, 6.45) is 4.88. The fourth-order valence-electron chi connectivity index (χ4n) is 2.14. The van der Waals surface area contributed by atoms with E-state index in [2.05, 4.69) is 50.0 Å². The highest BCUT2D eigenvalue weighted by molar-refractivity contribution is 4.95. The Morgan fingerprint density at radius 3 is 2.61 bits per heavy atom. The van der Waals surface area contributed by atoms with Crippen molar-refractivity contribution in [3.05, 3.63) is 12.2 Å². The van der Waals surface area contributed by atoms with E-state index >= 15 is 0 Å². The molecule has 4 heteroatoms. The molecule has 1 aromatic heterocycles. The first-order valence-corrected chi connectivity index (χ1v) is 7.15. The minimum absolute atomic E-state index is 0.277. The number of likely N-dealkylation sites (N-methyl/N-ethyl adjacent to an activating group) is 1. The van der Waals surface area contributed by atoms with Crippen LogP contribution in [0.3, 0.4) is 0 Å². The molecule has 0 saturated heterocycles. The second-order valence-electron chi connectivity index (χ2n) is 5.56. The van der Waals surface area contributed by atoms with Gasteiger partial charge >= 0.3 is 0 Å². The zero-order valence-electron chi connectivity index (χ0n) is 12.5. The molecule has 1 aromatic rings. The summed E-state index contributed by atoms with van der Waals surface area (Å²) < 4.78 is 2.04. The molecule has 0 fully saturated rings. The van der Waals surface area contributed by atoms with Crippen LogP contribution in [-0.4, -0.2) is 27.4 Å². The van der Waals surface area contributed by atoms with Crippen LogP contribution in [0.1, 0.15) is 53.3 Å². The molecule has 0 spiro atoms. The van der Waals surface area contributed by atoms with Gasteiger partial charge in [0.05, 0.1) is 0 Å². The summed E-state index contributed by atoms with van der Waals surface area (Å²) in [5.41, 5.74) is 0.277. The highest BCUT2D eigenvalue weighted by Crippen LogP contribution is 2.26. The minimum atomic E-state index is 0.277. The van der Waals surface area contributed by atoms with Gasteiger partial charge < -0.3 is 5.32 Å².